The lowest BCUT2D eigenvalue weighted by molar-refractivity contribution is -0.118. The van der Waals surface area contributed by atoms with Crippen molar-refractivity contribution >= 4 is 29.4 Å². The van der Waals surface area contributed by atoms with E-state index in [9.17, 15) is 9.59 Å². The van der Waals surface area contributed by atoms with Crippen molar-refractivity contribution in [3.63, 3.8) is 0 Å². The molecule has 0 saturated heterocycles. The van der Waals surface area contributed by atoms with Crippen LogP contribution in [0.4, 0.5) is 5.69 Å². The summed E-state index contributed by atoms with van der Waals surface area (Å²) in [6, 6.07) is 19.2. The lowest BCUT2D eigenvalue weighted by Crippen LogP contribution is -2.45. The average Bonchev–Trinajstić information content (AvgIpc) is 2.83. The highest BCUT2D eigenvalue weighted by molar-refractivity contribution is 7.97. The summed E-state index contributed by atoms with van der Waals surface area (Å²) in [4.78, 5) is 31.0. The van der Waals surface area contributed by atoms with Gasteiger partial charge in [-0.05, 0) is 86.8 Å². The van der Waals surface area contributed by atoms with Crippen LogP contribution in [0.1, 0.15) is 36.8 Å². The van der Waals surface area contributed by atoms with Crippen molar-refractivity contribution in [1.82, 2.24) is 15.0 Å². The van der Waals surface area contributed by atoms with E-state index in [0.717, 1.165) is 16.2 Å². The van der Waals surface area contributed by atoms with E-state index in [-0.39, 0.29) is 17.1 Å². The Morgan fingerprint density at radius 1 is 1.00 bits per heavy atom. The SMILES string of the molecule is COc1ccc(C[C@H](NC(=O)c2ccccn2)C(=O)Nc2ccc(SNC(C)(C)C)cc2)cc1. The maximum atomic E-state index is 13.2. The Balaban J connectivity index is 1.71. The molecule has 178 valence electrons. The van der Waals surface area contributed by atoms with E-state index >= 15 is 0 Å². The Morgan fingerprint density at radius 3 is 2.29 bits per heavy atom. The van der Waals surface area contributed by atoms with Crippen LogP contribution in [0.3, 0.4) is 0 Å². The molecule has 2 amide bonds. The highest BCUT2D eigenvalue weighted by atomic mass is 32.2. The van der Waals surface area contributed by atoms with Crippen LogP contribution >= 0.6 is 11.9 Å². The van der Waals surface area contributed by atoms with Gasteiger partial charge < -0.3 is 15.4 Å². The highest BCUT2D eigenvalue weighted by Crippen LogP contribution is 2.21. The molecule has 0 aliphatic heterocycles. The number of methoxy groups -OCH3 is 1. The number of amides is 2. The molecule has 7 nitrogen and oxygen atoms in total. The first-order valence-electron chi connectivity index (χ1n) is 10.9. The zero-order chi connectivity index (χ0) is 24.6. The van der Waals surface area contributed by atoms with E-state index in [1.165, 1.54) is 11.9 Å². The summed E-state index contributed by atoms with van der Waals surface area (Å²) >= 11 is 1.54. The minimum atomic E-state index is -0.792. The van der Waals surface area contributed by atoms with Gasteiger partial charge in [-0.1, -0.05) is 18.2 Å². The van der Waals surface area contributed by atoms with Gasteiger partial charge in [-0.3, -0.25) is 19.3 Å². The number of benzene rings is 2. The predicted octanol–water partition coefficient (Wildman–Crippen LogP) is 4.47. The molecule has 0 spiro atoms. The maximum Gasteiger partial charge on any atom is 0.270 e. The fourth-order valence-electron chi connectivity index (χ4n) is 2.98. The van der Waals surface area contributed by atoms with Gasteiger partial charge in [0.25, 0.3) is 5.91 Å². The van der Waals surface area contributed by atoms with Gasteiger partial charge in [0.2, 0.25) is 5.91 Å². The molecule has 8 heteroatoms. The van der Waals surface area contributed by atoms with Crippen molar-refractivity contribution in [1.29, 1.82) is 0 Å². The van der Waals surface area contributed by atoms with Gasteiger partial charge in [0.15, 0.2) is 0 Å². The monoisotopic (exact) mass is 478 g/mol. The van der Waals surface area contributed by atoms with E-state index in [2.05, 4.69) is 41.1 Å². The van der Waals surface area contributed by atoms with Gasteiger partial charge in [0.1, 0.15) is 17.5 Å². The van der Waals surface area contributed by atoms with Crippen molar-refractivity contribution in [3.8, 4) is 5.75 Å². The van der Waals surface area contributed by atoms with E-state index in [1.807, 2.05) is 48.5 Å². The van der Waals surface area contributed by atoms with Crippen molar-refractivity contribution < 1.29 is 14.3 Å². The molecule has 2 aromatic carbocycles. The molecular weight excluding hydrogens is 448 g/mol. The van der Waals surface area contributed by atoms with Crippen LogP contribution in [0, 0.1) is 0 Å². The first-order valence-corrected chi connectivity index (χ1v) is 11.7. The van der Waals surface area contributed by atoms with E-state index in [0.29, 0.717) is 12.1 Å². The van der Waals surface area contributed by atoms with Gasteiger partial charge in [-0.15, -0.1) is 0 Å². The lowest BCUT2D eigenvalue weighted by Gasteiger charge is -2.20. The van der Waals surface area contributed by atoms with Crippen LogP contribution in [0.5, 0.6) is 5.75 Å². The number of hydrogen-bond donors (Lipinski definition) is 3. The van der Waals surface area contributed by atoms with Crippen LogP contribution in [0.25, 0.3) is 0 Å². The average molecular weight is 479 g/mol. The summed E-state index contributed by atoms with van der Waals surface area (Å²) in [5.41, 5.74) is 1.78. The zero-order valence-electron chi connectivity index (χ0n) is 19.8. The molecule has 3 N–H and O–H groups in total. The second kappa shape index (κ2) is 11.7. The van der Waals surface area contributed by atoms with Crippen LogP contribution in [-0.2, 0) is 11.2 Å². The number of pyridine rings is 1. The summed E-state index contributed by atoms with van der Waals surface area (Å²) < 4.78 is 8.56. The second-order valence-electron chi connectivity index (χ2n) is 8.76. The molecule has 0 radical (unpaired) electrons. The molecular formula is C26H30N4O3S. The third-order valence-electron chi connectivity index (χ3n) is 4.72. The van der Waals surface area contributed by atoms with Crippen molar-refractivity contribution in [2.24, 2.45) is 0 Å². The number of hydrogen-bond acceptors (Lipinski definition) is 6. The van der Waals surface area contributed by atoms with Gasteiger partial charge in [-0.25, -0.2) is 0 Å². The van der Waals surface area contributed by atoms with Crippen LogP contribution < -0.4 is 20.1 Å². The van der Waals surface area contributed by atoms with Crippen LogP contribution in [0.15, 0.2) is 77.8 Å². The Labute approximate surface area is 204 Å². The summed E-state index contributed by atoms with van der Waals surface area (Å²) in [6.45, 7) is 6.28. The number of ether oxygens (including phenoxy) is 1. The topological polar surface area (TPSA) is 92.3 Å². The minimum Gasteiger partial charge on any atom is -0.497 e. The smallest absolute Gasteiger partial charge is 0.270 e. The Morgan fingerprint density at radius 2 is 1.71 bits per heavy atom. The van der Waals surface area contributed by atoms with Crippen molar-refractivity contribution in [2.75, 3.05) is 12.4 Å². The first-order chi connectivity index (χ1) is 16.2. The predicted molar refractivity (Wildman–Crippen MR) is 136 cm³/mol. The molecule has 0 unspecified atom stereocenters. The van der Waals surface area contributed by atoms with Crippen molar-refractivity contribution in [3.05, 3.63) is 84.2 Å². The molecule has 1 aromatic heterocycles. The van der Waals surface area contributed by atoms with Gasteiger partial charge in [0, 0.05) is 28.7 Å². The van der Waals surface area contributed by atoms with E-state index < -0.39 is 11.9 Å². The van der Waals surface area contributed by atoms with Gasteiger partial charge in [0.05, 0.1) is 7.11 Å². The number of aromatic nitrogens is 1. The minimum absolute atomic E-state index is 0.0158. The maximum absolute atomic E-state index is 13.2. The first kappa shape index (κ1) is 25.3. The number of anilines is 1. The molecule has 0 fully saturated rings. The summed E-state index contributed by atoms with van der Waals surface area (Å²) in [7, 11) is 1.60. The second-order valence-corrected chi connectivity index (χ2v) is 9.64. The van der Waals surface area contributed by atoms with Crippen LogP contribution in [-0.4, -0.2) is 35.5 Å². The number of carbonyl (C=O) groups is 2. The molecule has 3 aromatic rings. The fraction of sp³-hybridized carbons (Fsp3) is 0.269. The Kier molecular flexibility index (Phi) is 8.67. The summed E-state index contributed by atoms with van der Waals surface area (Å²) in [6.07, 6.45) is 1.86. The highest BCUT2D eigenvalue weighted by Gasteiger charge is 2.23. The molecule has 34 heavy (non-hydrogen) atoms. The van der Waals surface area contributed by atoms with Crippen molar-refractivity contribution in [2.45, 2.75) is 43.7 Å². The largest absolute Gasteiger partial charge is 0.497 e. The third kappa shape index (κ3) is 7.90. The normalized spacial score (nSPS) is 12.0. The van der Waals surface area contributed by atoms with Gasteiger partial charge in [-0.2, -0.15) is 0 Å². The summed E-state index contributed by atoms with van der Waals surface area (Å²) in [5, 5.41) is 5.73. The molecule has 0 saturated carbocycles. The standard InChI is InChI=1S/C26H30N4O3S/c1-26(2,3)30-34-21-14-10-19(11-15-21)28-25(32)23(17-18-8-12-20(33-4)13-9-18)29-24(31)22-7-5-6-16-27-22/h5-16,23,30H,17H2,1-4H3,(H,28,32)(H,29,31)/t23-/m0/s1. The third-order valence-corrected chi connectivity index (χ3v) is 5.94. The fourth-order valence-corrected chi connectivity index (χ4v) is 3.68. The summed E-state index contributed by atoms with van der Waals surface area (Å²) in [5.74, 6) is 0.00349. The molecule has 0 aliphatic rings. The number of nitrogens with one attached hydrogen (secondary N) is 3. The van der Waals surface area contributed by atoms with E-state index in [4.69, 9.17) is 4.74 Å². The zero-order valence-corrected chi connectivity index (χ0v) is 20.6. The number of rotatable bonds is 9. The molecule has 0 aliphatic carbocycles. The quantitative estimate of drug-likeness (QED) is 0.393. The van der Waals surface area contributed by atoms with E-state index in [1.54, 1.807) is 31.5 Å². The van der Waals surface area contributed by atoms with Crippen LogP contribution in [0.2, 0.25) is 0 Å². The molecule has 3 rings (SSSR count). The number of carbonyl (C=O) groups excluding carboxylic acids is 2. The Hall–Kier alpha value is -3.36. The molecule has 0 bridgehead atoms. The molecule has 1 heterocycles. The van der Waals surface area contributed by atoms with Gasteiger partial charge >= 0.3 is 0 Å². The molecule has 1 atom stereocenters. The Bertz CT molecular complexity index is 1080. The number of nitrogens with zero attached hydrogens (tertiary/aromatic N) is 1. The lowest BCUT2D eigenvalue weighted by atomic mass is 10.0.